The Bertz CT molecular complexity index is 504. The summed E-state index contributed by atoms with van der Waals surface area (Å²) in [6.07, 6.45) is 2.75. The van der Waals surface area contributed by atoms with E-state index in [0.717, 1.165) is 0 Å². The average Bonchev–Trinajstić information content (AvgIpc) is 2.37. The standard InChI is InChI=1S/C11H12N2O5.BrH/c1-17-9(14)6-13-4-3-7(11(16)18-2)8(5-13)10(12)15;/h3-5H,6H2,1-2H3,(H-,12,15);1H. The Morgan fingerprint density at radius 2 is 1.84 bits per heavy atom. The summed E-state index contributed by atoms with van der Waals surface area (Å²) in [4.78, 5) is 33.7. The number of carbonyl (C=O) groups excluding carboxylic acids is 3. The van der Waals surface area contributed by atoms with Gasteiger partial charge in [-0.25, -0.2) is 9.59 Å². The molecule has 0 saturated heterocycles. The number of esters is 2. The molecule has 7 nitrogen and oxygen atoms in total. The van der Waals surface area contributed by atoms with Crippen molar-refractivity contribution in [2.75, 3.05) is 14.2 Å². The molecule has 0 atom stereocenters. The lowest BCUT2D eigenvalue weighted by Gasteiger charge is -2.03. The fourth-order valence-electron chi connectivity index (χ4n) is 1.33. The molecule has 0 saturated carbocycles. The minimum Gasteiger partial charge on any atom is -1.00 e. The first-order valence-corrected chi connectivity index (χ1v) is 4.97. The summed E-state index contributed by atoms with van der Waals surface area (Å²) in [5.41, 5.74) is 5.19. The fourth-order valence-corrected chi connectivity index (χ4v) is 1.33. The first-order valence-electron chi connectivity index (χ1n) is 4.97. The lowest BCUT2D eigenvalue weighted by molar-refractivity contribution is -0.686. The highest BCUT2D eigenvalue weighted by molar-refractivity contribution is 6.04. The van der Waals surface area contributed by atoms with Crippen molar-refractivity contribution < 1.29 is 45.4 Å². The normalized spacial score (nSPS) is 9.16. The van der Waals surface area contributed by atoms with Crippen LogP contribution in [0.15, 0.2) is 18.5 Å². The van der Waals surface area contributed by atoms with Crippen LogP contribution in [0.3, 0.4) is 0 Å². The molecule has 0 spiro atoms. The van der Waals surface area contributed by atoms with E-state index in [1.54, 1.807) is 0 Å². The minimum atomic E-state index is -0.783. The summed E-state index contributed by atoms with van der Waals surface area (Å²) in [5.74, 6) is -1.94. The predicted molar refractivity (Wildman–Crippen MR) is 58.5 cm³/mol. The topological polar surface area (TPSA) is 99.6 Å². The van der Waals surface area contributed by atoms with Gasteiger partial charge in [0.15, 0.2) is 12.4 Å². The zero-order valence-electron chi connectivity index (χ0n) is 10.4. The second-order valence-corrected chi connectivity index (χ2v) is 3.38. The second-order valence-electron chi connectivity index (χ2n) is 3.38. The molecule has 1 amide bonds. The second kappa shape index (κ2) is 7.47. The number of nitrogens with two attached hydrogens (primary N) is 1. The summed E-state index contributed by atoms with van der Waals surface area (Å²) in [6.45, 7) is -0.0851. The average molecular weight is 333 g/mol. The van der Waals surface area contributed by atoms with Crippen molar-refractivity contribution in [3.8, 4) is 0 Å². The fraction of sp³-hybridized carbons (Fsp3) is 0.273. The monoisotopic (exact) mass is 332 g/mol. The number of nitrogens with zero attached hydrogens (tertiary/aromatic N) is 1. The van der Waals surface area contributed by atoms with E-state index in [9.17, 15) is 14.4 Å². The zero-order valence-corrected chi connectivity index (χ0v) is 12.0. The van der Waals surface area contributed by atoms with E-state index in [2.05, 4.69) is 9.47 Å². The van der Waals surface area contributed by atoms with Crippen LogP contribution in [-0.2, 0) is 20.8 Å². The van der Waals surface area contributed by atoms with Gasteiger partial charge in [-0.05, 0) is 0 Å². The summed E-state index contributed by atoms with van der Waals surface area (Å²) >= 11 is 0. The molecule has 1 heterocycles. The molecule has 2 N–H and O–H groups in total. The van der Waals surface area contributed by atoms with Crippen LogP contribution >= 0.6 is 0 Å². The maximum atomic E-state index is 11.4. The van der Waals surface area contributed by atoms with Gasteiger partial charge < -0.3 is 32.2 Å². The number of aromatic nitrogens is 1. The predicted octanol–water partition coefficient (Wildman–Crippen LogP) is -3.96. The van der Waals surface area contributed by atoms with E-state index in [-0.39, 0.29) is 34.7 Å². The number of carbonyl (C=O) groups is 3. The third kappa shape index (κ3) is 4.32. The number of hydrogen-bond acceptors (Lipinski definition) is 5. The van der Waals surface area contributed by atoms with Gasteiger partial charge in [0.1, 0.15) is 5.56 Å². The van der Waals surface area contributed by atoms with Gasteiger partial charge in [-0.1, -0.05) is 0 Å². The number of halogens is 1. The van der Waals surface area contributed by atoms with Crippen molar-refractivity contribution >= 4 is 17.8 Å². The number of ether oxygens (including phenoxy) is 2. The molecular formula is C11H13BrN2O5. The van der Waals surface area contributed by atoms with Crippen LogP contribution in [0.4, 0.5) is 0 Å². The van der Waals surface area contributed by atoms with Gasteiger partial charge in [0.25, 0.3) is 5.91 Å². The summed E-state index contributed by atoms with van der Waals surface area (Å²) in [6, 6.07) is 1.36. The van der Waals surface area contributed by atoms with E-state index in [4.69, 9.17) is 5.73 Å². The van der Waals surface area contributed by atoms with E-state index < -0.39 is 17.8 Å². The maximum Gasteiger partial charge on any atom is 0.372 e. The number of methoxy groups -OCH3 is 2. The van der Waals surface area contributed by atoms with Crippen LogP contribution in [0, 0.1) is 0 Å². The quantitative estimate of drug-likeness (QED) is 0.448. The van der Waals surface area contributed by atoms with E-state index in [1.807, 2.05) is 0 Å². The smallest absolute Gasteiger partial charge is 0.372 e. The first kappa shape index (κ1) is 17.0. The van der Waals surface area contributed by atoms with Crippen LogP contribution in [0.25, 0.3) is 0 Å². The van der Waals surface area contributed by atoms with Crippen LogP contribution in [-0.4, -0.2) is 32.1 Å². The number of rotatable bonds is 4. The largest absolute Gasteiger partial charge is 1.00 e. The molecule has 1 rings (SSSR count). The third-order valence-electron chi connectivity index (χ3n) is 2.23. The Kier molecular flexibility index (Phi) is 6.70. The third-order valence-corrected chi connectivity index (χ3v) is 2.23. The molecular weight excluding hydrogens is 320 g/mol. The Balaban J connectivity index is 0.00000324. The van der Waals surface area contributed by atoms with Crippen LogP contribution in [0.1, 0.15) is 20.7 Å². The SMILES string of the molecule is COC(=O)C[n+]1ccc(C(=O)OC)c(C(N)=O)c1.[Br-]. The molecule has 1 aromatic rings. The van der Waals surface area contributed by atoms with E-state index >= 15 is 0 Å². The Morgan fingerprint density at radius 3 is 2.32 bits per heavy atom. The molecule has 0 aliphatic heterocycles. The van der Waals surface area contributed by atoms with E-state index in [0.29, 0.717) is 0 Å². The molecule has 0 bridgehead atoms. The Hall–Kier alpha value is -1.96. The van der Waals surface area contributed by atoms with Gasteiger partial charge >= 0.3 is 11.9 Å². The minimum absolute atomic E-state index is 0. The maximum absolute atomic E-state index is 11.4. The Labute approximate surface area is 120 Å². The lowest BCUT2D eigenvalue weighted by Crippen LogP contribution is -3.00. The molecule has 8 heteroatoms. The van der Waals surface area contributed by atoms with Crippen LogP contribution in [0.2, 0.25) is 0 Å². The zero-order chi connectivity index (χ0) is 13.7. The van der Waals surface area contributed by atoms with Gasteiger partial charge in [0.05, 0.1) is 19.8 Å². The highest BCUT2D eigenvalue weighted by atomic mass is 79.9. The van der Waals surface area contributed by atoms with Gasteiger partial charge in [-0.2, -0.15) is 4.57 Å². The molecule has 104 valence electrons. The van der Waals surface area contributed by atoms with Crippen molar-refractivity contribution in [3.63, 3.8) is 0 Å². The van der Waals surface area contributed by atoms with Gasteiger partial charge in [0.2, 0.25) is 6.54 Å². The number of amides is 1. The van der Waals surface area contributed by atoms with Gasteiger partial charge in [-0.3, -0.25) is 4.79 Å². The van der Waals surface area contributed by atoms with E-state index in [1.165, 1.54) is 37.2 Å². The van der Waals surface area contributed by atoms with Crippen molar-refractivity contribution in [2.24, 2.45) is 5.73 Å². The molecule has 0 fully saturated rings. The highest BCUT2D eigenvalue weighted by Gasteiger charge is 2.21. The first-order chi connectivity index (χ1) is 8.49. The molecule has 1 aromatic heterocycles. The summed E-state index contributed by atoms with van der Waals surface area (Å²) in [5, 5.41) is 0. The van der Waals surface area contributed by atoms with Crippen molar-refractivity contribution in [3.05, 3.63) is 29.6 Å². The molecule has 0 radical (unpaired) electrons. The molecule has 0 aliphatic rings. The molecule has 19 heavy (non-hydrogen) atoms. The Morgan fingerprint density at radius 1 is 1.21 bits per heavy atom. The molecule has 0 aliphatic carbocycles. The van der Waals surface area contributed by atoms with Crippen LogP contribution < -0.4 is 27.3 Å². The highest BCUT2D eigenvalue weighted by Crippen LogP contribution is 2.06. The van der Waals surface area contributed by atoms with Crippen molar-refractivity contribution in [1.82, 2.24) is 0 Å². The number of pyridine rings is 1. The summed E-state index contributed by atoms with van der Waals surface area (Å²) < 4.78 is 10.4. The van der Waals surface area contributed by atoms with Gasteiger partial charge in [0, 0.05) is 6.07 Å². The van der Waals surface area contributed by atoms with Crippen molar-refractivity contribution in [1.29, 1.82) is 0 Å². The summed E-state index contributed by atoms with van der Waals surface area (Å²) in [7, 11) is 2.45. The van der Waals surface area contributed by atoms with Crippen LogP contribution in [0.5, 0.6) is 0 Å². The number of hydrogen-bond donors (Lipinski definition) is 1. The van der Waals surface area contributed by atoms with Crippen molar-refractivity contribution in [2.45, 2.75) is 6.54 Å². The lowest BCUT2D eigenvalue weighted by atomic mass is 10.1. The number of primary amides is 1. The molecule has 0 unspecified atom stereocenters. The molecule has 0 aromatic carbocycles. The van der Waals surface area contributed by atoms with Gasteiger partial charge in [-0.15, -0.1) is 0 Å².